The van der Waals surface area contributed by atoms with Crippen LogP contribution in [-0.4, -0.2) is 45.2 Å². The molecule has 214 valence electrons. The predicted molar refractivity (Wildman–Crippen MR) is 116 cm³/mol. The van der Waals surface area contributed by atoms with Crippen LogP contribution in [0.4, 0.5) is 45.5 Å². The van der Waals surface area contributed by atoms with Crippen molar-refractivity contribution in [3.63, 3.8) is 0 Å². The van der Waals surface area contributed by atoms with Gasteiger partial charge in [0.15, 0.2) is 0 Å². The Morgan fingerprint density at radius 3 is 1.90 bits per heavy atom. The lowest BCUT2D eigenvalue weighted by molar-refractivity contribution is -0.235. The average Bonchev–Trinajstić information content (AvgIpc) is 2.83. The summed E-state index contributed by atoms with van der Waals surface area (Å²) < 4.78 is 118. The number of anilines is 1. The highest BCUT2D eigenvalue weighted by Crippen LogP contribution is 2.37. The fourth-order valence-electron chi connectivity index (χ4n) is 3.86. The first-order valence-electron chi connectivity index (χ1n) is 11.3. The summed E-state index contributed by atoms with van der Waals surface area (Å²) in [6.45, 7) is 3.54. The van der Waals surface area contributed by atoms with E-state index in [1.54, 1.807) is 20.0 Å². The van der Waals surface area contributed by atoms with Gasteiger partial charge in [0.2, 0.25) is 5.95 Å². The molecular formula is C23H21F9N4O3. The van der Waals surface area contributed by atoms with Gasteiger partial charge in [-0.05, 0) is 63.3 Å². The normalized spacial score (nSPS) is 18.4. The highest BCUT2D eigenvalue weighted by Gasteiger charge is 2.46. The number of nitrogens with one attached hydrogen (secondary N) is 1. The van der Waals surface area contributed by atoms with E-state index in [9.17, 15) is 49.1 Å². The van der Waals surface area contributed by atoms with Gasteiger partial charge >= 0.3 is 24.5 Å². The third-order valence-corrected chi connectivity index (χ3v) is 6.03. The number of nitrogens with zero attached hydrogens (tertiary/aromatic N) is 3. The molecule has 0 aliphatic heterocycles. The Kier molecular flexibility index (Phi) is 8.36. The van der Waals surface area contributed by atoms with E-state index in [2.05, 4.69) is 20.1 Å². The van der Waals surface area contributed by atoms with Crippen LogP contribution in [-0.2, 0) is 22.0 Å². The second kappa shape index (κ2) is 10.9. The molecule has 1 aliphatic carbocycles. The van der Waals surface area contributed by atoms with E-state index in [-0.39, 0.29) is 60.9 Å². The third-order valence-electron chi connectivity index (χ3n) is 6.03. The van der Waals surface area contributed by atoms with Gasteiger partial charge in [0.05, 0.1) is 17.2 Å². The summed E-state index contributed by atoms with van der Waals surface area (Å²) in [4.78, 5) is 37.1. The Morgan fingerprint density at radius 1 is 0.897 bits per heavy atom. The van der Waals surface area contributed by atoms with Gasteiger partial charge in [-0.15, -0.1) is 0 Å². The molecule has 1 aromatic heterocycles. The molecule has 0 bridgehead atoms. The molecule has 1 aromatic carbocycles. The maximum atomic E-state index is 13.2. The van der Waals surface area contributed by atoms with Gasteiger partial charge in [-0.3, -0.25) is 4.79 Å². The number of amides is 1. The fourth-order valence-corrected chi connectivity index (χ4v) is 3.86. The number of aromatic nitrogens is 2. The minimum Gasteiger partial charge on any atom is -0.351 e. The number of benzene rings is 1. The molecule has 7 nitrogen and oxygen atoms in total. The van der Waals surface area contributed by atoms with Crippen molar-refractivity contribution >= 4 is 17.8 Å². The Hall–Kier alpha value is -3.59. The van der Waals surface area contributed by atoms with E-state index < -0.39 is 53.1 Å². The molecule has 1 aliphatic rings. The maximum absolute atomic E-state index is 13.2. The van der Waals surface area contributed by atoms with Crippen LogP contribution < -0.4 is 5.32 Å². The highest BCUT2D eigenvalue weighted by atomic mass is 19.4. The zero-order valence-electron chi connectivity index (χ0n) is 20.3. The standard InChI is InChI=1S/C23H21F9N4O3/c1-11-10-33-20(34-12(11)2)35-16-3-5-17(6-4-16)36(39-19(38)23(30,31)32)18(37)13-7-14(21(24,25)26)9-15(8-13)22(27,28)29/h7-10,16-17H,3-6H2,1-2H3,(H,33,34,35). The van der Waals surface area contributed by atoms with Crippen LogP contribution in [0.3, 0.4) is 0 Å². The largest absolute Gasteiger partial charge is 0.493 e. The minimum absolute atomic E-state index is 0.0518. The highest BCUT2D eigenvalue weighted by molar-refractivity contribution is 5.95. The molecule has 1 heterocycles. The Balaban J connectivity index is 1.88. The molecule has 1 N–H and O–H groups in total. The first-order chi connectivity index (χ1) is 17.9. The van der Waals surface area contributed by atoms with Gasteiger partial charge in [-0.2, -0.15) is 44.6 Å². The van der Waals surface area contributed by atoms with Crippen molar-refractivity contribution in [2.24, 2.45) is 0 Å². The van der Waals surface area contributed by atoms with Crippen LogP contribution in [0.5, 0.6) is 0 Å². The smallest absolute Gasteiger partial charge is 0.351 e. The van der Waals surface area contributed by atoms with Gasteiger partial charge in [0.1, 0.15) is 0 Å². The number of carbonyl (C=O) groups excluding carboxylic acids is 2. The van der Waals surface area contributed by atoms with Crippen LogP contribution in [0.25, 0.3) is 0 Å². The summed E-state index contributed by atoms with van der Waals surface area (Å²) in [6, 6.07) is -1.74. The average molecular weight is 572 g/mol. The number of halogens is 9. The van der Waals surface area contributed by atoms with Crippen molar-refractivity contribution in [3.8, 4) is 0 Å². The fraction of sp³-hybridized carbons (Fsp3) is 0.478. The van der Waals surface area contributed by atoms with E-state index in [1.165, 1.54) is 0 Å². The minimum atomic E-state index is -5.59. The van der Waals surface area contributed by atoms with Crippen LogP contribution in [0.1, 0.15) is 58.4 Å². The van der Waals surface area contributed by atoms with Gasteiger partial charge in [-0.1, -0.05) is 0 Å². The molecule has 16 heteroatoms. The van der Waals surface area contributed by atoms with Crippen molar-refractivity contribution < 1.29 is 53.9 Å². The number of aryl methyl sites for hydroxylation is 2. The molecular weight excluding hydrogens is 551 g/mol. The maximum Gasteiger partial charge on any atom is 0.493 e. The molecule has 39 heavy (non-hydrogen) atoms. The van der Waals surface area contributed by atoms with Crippen LogP contribution in [0.2, 0.25) is 0 Å². The number of alkyl halides is 9. The quantitative estimate of drug-likeness (QED) is 0.357. The molecule has 0 unspecified atom stereocenters. The van der Waals surface area contributed by atoms with Crippen LogP contribution in [0, 0.1) is 13.8 Å². The van der Waals surface area contributed by atoms with Crippen molar-refractivity contribution in [1.82, 2.24) is 15.0 Å². The Morgan fingerprint density at radius 2 is 1.44 bits per heavy atom. The topological polar surface area (TPSA) is 84.4 Å². The molecule has 3 rings (SSSR count). The summed E-state index contributed by atoms with van der Waals surface area (Å²) >= 11 is 0. The molecule has 0 radical (unpaired) electrons. The second-order valence-electron chi connectivity index (χ2n) is 8.91. The molecule has 0 spiro atoms. The Labute approximate surface area is 215 Å². The van der Waals surface area contributed by atoms with Crippen LogP contribution in [0.15, 0.2) is 24.4 Å². The first-order valence-corrected chi connectivity index (χ1v) is 11.3. The lowest BCUT2D eigenvalue weighted by Crippen LogP contribution is -2.47. The third kappa shape index (κ3) is 7.50. The molecule has 1 amide bonds. The lowest BCUT2D eigenvalue weighted by atomic mass is 9.90. The number of carbonyl (C=O) groups is 2. The molecule has 0 saturated heterocycles. The Bertz CT molecular complexity index is 1190. The zero-order chi connectivity index (χ0) is 29.3. The summed E-state index contributed by atoms with van der Waals surface area (Å²) in [6.07, 6.45) is -14.5. The number of hydrogen-bond donors (Lipinski definition) is 1. The van der Waals surface area contributed by atoms with E-state index >= 15 is 0 Å². The van der Waals surface area contributed by atoms with Crippen molar-refractivity contribution in [1.29, 1.82) is 0 Å². The monoisotopic (exact) mass is 572 g/mol. The van der Waals surface area contributed by atoms with Gasteiger partial charge in [0, 0.05) is 23.5 Å². The van der Waals surface area contributed by atoms with Gasteiger partial charge in [0.25, 0.3) is 5.91 Å². The molecule has 2 aromatic rings. The summed E-state index contributed by atoms with van der Waals surface area (Å²) in [5.74, 6) is -4.36. The van der Waals surface area contributed by atoms with E-state index in [0.29, 0.717) is 5.69 Å². The molecule has 1 saturated carbocycles. The van der Waals surface area contributed by atoms with Gasteiger partial charge < -0.3 is 10.2 Å². The van der Waals surface area contributed by atoms with Gasteiger partial charge in [-0.25, -0.2) is 14.8 Å². The van der Waals surface area contributed by atoms with E-state index in [0.717, 1.165) is 5.56 Å². The van der Waals surface area contributed by atoms with Crippen molar-refractivity contribution in [2.75, 3.05) is 5.32 Å². The first kappa shape index (κ1) is 30.0. The predicted octanol–water partition coefficient (Wildman–Crippen LogP) is 6.02. The van der Waals surface area contributed by atoms with Crippen molar-refractivity contribution in [2.45, 2.75) is 70.1 Å². The van der Waals surface area contributed by atoms with E-state index in [4.69, 9.17) is 0 Å². The van der Waals surface area contributed by atoms with Crippen LogP contribution >= 0.6 is 0 Å². The molecule has 1 fully saturated rings. The zero-order valence-corrected chi connectivity index (χ0v) is 20.3. The summed E-state index contributed by atoms with van der Waals surface area (Å²) in [7, 11) is 0. The van der Waals surface area contributed by atoms with E-state index in [1.807, 2.05) is 0 Å². The number of rotatable bonds is 4. The lowest BCUT2D eigenvalue weighted by Gasteiger charge is -2.35. The van der Waals surface area contributed by atoms with Crippen molar-refractivity contribution in [3.05, 3.63) is 52.3 Å². The summed E-state index contributed by atoms with van der Waals surface area (Å²) in [5, 5.41) is 2.93. The second-order valence-corrected chi connectivity index (χ2v) is 8.91. The number of hydrogen-bond acceptors (Lipinski definition) is 6. The molecule has 0 atom stereocenters. The SMILES string of the molecule is Cc1cnc(NC2CCC(N(OC(=O)C(F)(F)F)C(=O)c3cc(C(F)(F)F)cc(C(F)(F)F)c3)CC2)nc1C. The number of hydroxylamine groups is 2. The summed E-state index contributed by atoms with van der Waals surface area (Å²) in [5.41, 5.74) is -3.45.